The monoisotopic (exact) mass is 303 g/mol. The van der Waals surface area contributed by atoms with Crippen LogP contribution in [0.3, 0.4) is 0 Å². The molecular formula is C17H21NO2S. The predicted molar refractivity (Wildman–Crippen MR) is 86.8 cm³/mol. The van der Waals surface area contributed by atoms with Gasteiger partial charge in [0.2, 0.25) is 0 Å². The molecule has 0 saturated carbocycles. The molecule has 21 heavy (non-hydrogen) atoms. The summed E-state index contributed by atoms with van der Waals surface area (Å²) in [5, 5.41) is 0. The number of sulfone groups is 1. The van der Waals surface area contributed by atoms with E-state index in [9.17, 15) is 8.42 Å². The third-order valence-electron chi connectivity index (χ3n) is 3.62. The Morgan fingerprint density at radius 3 is 2.29 bits per heavy atom. The Labute approximate surface area is 126 Å². The van der Waals surface area contributed by atoms with Crippen molar-refractivity contribution in [2.45, 2.75) is 25.6 Å². The van der Waals surface area contributed by atoms with Gasteiger partial charge in [0.25, 0.3) is 0 Å². The molecule has 2 aromatic rings. The van der Waals surface area contributed by atoms with Crippen LogP contribution in [0.4, 0.5) is 0 Å². The minimum atomic E-state index is -3.23. The zero-order chi connectivity index (χ0) is 15.5. The summed E-state index contributed by atoms with van der Waals surface area (Å²) < 4.78 is 24.5. The second kappa shape index (κ2) is 6.41. The van der Waals surface area contributed by atoms with Crippen LogP contribution in [0.5, 0.6) is 0 Å². The van der Waals surface area contributed by atoms with Crippen LogP contribution in [0.2, 0.25) is 0 Å². The maximum Gasteiger partial charge on any atom is 0.156 e. The molecule has 2 aromatic carbocycles. The van der Waals surface area contributed by atoms with E-state index in [1.165, 1.54) is 5.56 Å². The lowest BCUT2D eigenvalue weighted by atomic mass is 10.0. The summed E-state index contributed by atoms with van der Waals surface area (Å²) in [7, 11) is -3.23. The van der Waals surface area contributed by atoms with Gasteiger partial charge in [0.1, 0.15) is 0 Å². The lowest BCUT2D eigenvalue weighted by molar-refractivity contribution is 0.588. The first-order valence-electron chi connectivity index (χ1n) is 6.94. The van der Waals surface area contributed by atoms with E-state index >= 15 is 0 Å². The van der Waals surface area contributed by atoms with E-state index in [4.69, 9.17) is 5.73 Å². The standard InChI is InChI=1S/C17H21NO2S/c1-13-8-9-16(10-14(13)2)17(18)12-21(19,20)11-15-6-4-3-5-7-15/h3-10,17H,11-12,18H2,1-2H3. The molecule has 3 nitrogen and oxygen atoms in total. The molecule has 1 atom stereocenters. The van der Waals surface area contributed by atoms with Gasteiger partial charge < -0.3 is 5.73 Å². The van der Waals surface area contributed by atoms with Crippen LogP contribution in [0.1, 0.15) is 28.3 Å². The van der Waals surface area contributed by atoms with Gasteiger partial charge in [-0.1, -0.05) is 48.5 Å². The molecule has 0 heterocycles. The van der Waals surface area contributed by atoms with Crippen LogP contribution in [-0.2, 0) is 15.6 Å². The topological polar surface area (TPSA) is 60.2 Å². The molecule has 112 valence electrons. The molecule has 0 aromatic heterocycles. The normalized spacial score (nSPS) is 13.1. The van der Waals surface area contributed by atoms with Crippen LogP contribution < -0.4 is 5.73 Å². The first-order valence-corrected chi connectivity index (χ1v) is 8.76. The van der Waals surface area contributed by atoms with Gasteiger partial charge in [0.05, 0.1) is 11.5 Å². The SMILES string of the molecule is Cc1ccc(C(N)CS(=O)(=O)Cc2ccccc2)cc1C. The van der Waals surface area contributed by atoms with E-state index in [0.29, 0.717) is 0 Å². The minimum Gasteiger partial charge on any atom is -0.323 e. The molecule has 0 spiro atoms. The Morgan fingerprint density at radius 1 is 1.00 bits per heavy atom. The summed E-state index contributed by atoms with van der Waals surface area (Å²) in [6.45, 7) is 4.03. The number of hydrogen-bond donors (Lipinski definition) is 1. The molecule has 4 heteroatoms. The molecule has 2 rings (SSSR count). The summed E-state index contributed by atoms with van der Waals surface area (Å²) in [5.74, 6) is -0.00320. The van der Waals surface area contributed by atoms with Crippen LogP contribution in [0, 0.1) is 13.8 Å². The van der Waals surface area contributed by atoms with Gasteiger partial charge in [-0.05, 0) is 36.1 Å². The maximum absolute atomic E-state index is 12.3. The van der Waals surface area contributed by atoms with Gasteiger partial charge in [-0.3, -0.25) is 0 Å². The second-order valence-electron chi connectivity index (χ2n) is 5.49. The zero-order valence-electron chi connectivity index (χ0n) is 12.4. The third-order valence-corrected chi connectivity index (χ3v) is 5.26. The number of aryl methyl sites for hydroxylation is 2. The molecule has 0 radical (unpaired) electrons. The van der Waals surface area contributed by atoms with E-state index in [2.05, 4.69) is 0 Å². The minimum absolute atomic E-state index is 0.0341. The summed E-state index contributed by atoms with van der Waals surface area (Å²) >= 11 is 0. The Bertz CT molecular complexity index is 709. The van der Waals surface area contributed by atoms with Crippen molar-refractivity contribution in [1.29, 1.82) is 0 Å². The molecule has 0 aliphatic carbocycles. The smallest absolute Gasteiger partial charge is 0.156 e. The van der Waals surface area contributed by atoms with Gasteiger partial charge in [-0.25, -0.2) is 8.42 Å². The highest BCUT2D eigenvalue weighted by Crippen LogP contribution is 2.18. The predicted octanol–water partition coefficient (Wildman–Crippen LogP) is 2.92. The van der Waals surface area contributed by atoms with Crippen LogP contribution >= 0.6 is 0 Å². The van der Waals surface area contributed by atoms with Crippen molar-refractivity contribution >= 4 is 9.84 Å². The zero-order valence-corrected chi connectivity index (χ0v) is 13.2. The fourth-order valence-electron chi connectivity index (χ4n) is 2.25. The average Bonchev–Trinajstić information content (AvgIpc) is 2.41. The maximum atomic E-state index is 12.3. The summed E-state index contributed by atoms with van der Waals surface area (Å²) in [6, 6.07) is 14.6. The van der Waals surface area contributed by atoms with E-state index in [-0.39, 0.29) is 11.5 Å². The molecule has 1 unspecified atom stereocenters. The third kappa shape index (κ3) is 4.41. The van der Waals surface area contributed by atoms with E-state index in [1.807, 2.05) is 62.4 Å². The second-order valence-corrected chi connectivity index (χ2v) is 7.60. The van der Waals surface area contributed by atoms with Crippen molar-refractivity contribution in [1.82, 2.24) is 0 Å². The van der Waals surface area contributed by atoms with E-state index in [0.717, 1.165) is 16.7 Å². The van der Waals surface area contributed by atoms with Gasteiger partial charge in [0, 0.05) is 6.04 Å². The summed E-state index contributed by atoms with van der Waals surface area (Å²) in [5.41, 5.74) is 10.0. The first-order chi connectivity index (χ1) is 9.87. The molecule has 2 N–H and O–H groups in total. The molecular weight excluding hydrogens is 282 g/mol. The van der Waals surface area contributed by atoms with Crippen molar-refractivity contribution < 1.29 is 8.42 Å². The highest BCUT2D eigenvalue weighted by atomic mass is 32.2. The molecule has 0 amide bonds. The Balaban J connectivity index is 2.10. The highest BCUT2D eigenvalue weighted by molar-refractivity contribution is 7.90. The largest absolute Gasteiger partial charge is 0.323 e. The molecule has 0 fully saturated rings. The average molecular weight is 303 g/mol. The van der Waals surface area contributed by atoms with Crippen molar-refractivity contribution in [3.63, 3.8) is 0 Å². The van der Waals surface area contributed by atoms with Crippen molar-refractivity contribution in [3.05, 3.63) is 70.8 Å². The Hall–Kier alpha value is -1.65. The fourth-order valence-corrected chi connectivity index (χ4v) is 3.81. The van der Waals surface area contributed by atoms with Crippen molar-refractivity contribution in [2.24, 2.45) is 5.73 Å². The number of rotatable bonds is 5. The van der Waals surface area contributed by atoms with E-state index in [1.54, 1.807) is 0 Å². The highest BCUT2D eigenvalue weighted by Gasteiger charge is 2.18. The lowest BCUT2D eigenvalue weighted by Gasteiger charge is -2.14. The summed E-state index contributed by atoms with van der Waals surface area (Å²) in [4.78, 5) is 0. The van der Waals surface area contributed by atoms with Gasteiger partial charge >= 0.3 is 0 Å². The van der Waals surface area contributed by atoms with Gasteiger partial charge in [-0.2, -0.15) is 0 Å². The molecule has 0 saturated heterocycles. The lowest BCUT2D eigenvalue weighted by Crippen LogP contribution is -2.23. The van der Waals surface area contributed by atoms with Crippen LogP contribution in [0.25, 0.3) is 0 Å². The molecule has 0 bridgehead atoms. The van der Waals surface area contributed by atoms with Crippen molar-refractivity contribution in [3.8, 4) is 0 Å². The van der Waals surface area contributed by atoms with Crippen LogP contribution in [0.15, 0.2) is 48.5 Å². The van der Waals surface area contributed by atoms with Gasteiger partial charge in [-0.15, -0.1) is 0 Å². The number of nitrogens with two attached hydrogens (primary N) is 1. The fraction of sp³-hybridized carbons (Fsp3) is 0.294. The molecule has 0 aliphatic heterocycles. The Morgan fingerprint density at radius 2 is 1.67 bits per heavy atom. The summed E-state index contributed by atoms with van der Waals surface area (Å²) in [6.07, 6.45) is 0. The van der Waals surface area contributed by atoms with Crippen molar-refractivity contribution in [2.75, 3.05) is 5.75 Å². The quantitative estimate of drug-likeness (QED) is 0.924. The van der Waals surface area contributed by atoms with Crippen LogP contribution in [-0.4, -0.2) is 14.2 Å². The van der Waals surface area contributed by atoms with E-state index < -0.39 is 15.9 Å². The number of hydrogen-bond acceptors (Lipinski definition) is 3. The molecule has 0 aliphatic rings. The Kier molecular flexibility index (Phi) is 4.80. The van der Waals surface area contributed by atoms with Gasteiger partial charge in [0.15, 0.2) is 9.84 Å². The first kappa shape index (κ1) is 15.7. The number of benzene rings is 2.